The summed E-state index contributed by atoms with van der Waals surface area (Å²) in [6.07, 6.45) is 0. The molecular formula is C7H15NO3S. The molecule has 0 aromatic heterocycles. The van der Waals surface area contributed by atoms with Gasteiger partial charge in [0.2, 0.25) is 0 Å². The first-order chi connectivity index (χ1) is 5.61. The maximum atomic E-state index is 10.5. The van der Waals surface area contributed by atoms with Gasteiger partial charge in [-0.25, -0.2) is 0 Å². The summed E-state index contributed by atoms with van der Waals surface area (Å²) in [5, 5.41) is 11.3. The molecule has 0 rings (SSSR count). The van der Waals surface area contributed by atoms with Gasteiger partial charge in [0.15, 0.2) is 0 Å². The third-order valence-electron chi connectivity index (χ3n) is 1.48. The fraction of sp³-hybridized carbons (Fsp3) is 0.857. The first-order valence-electron chi connectivity index (χ1n) is 3.66. The maximum Gasteiger partial charge on any atom is 0.321 e. The Kier molecular flexibility index (Phi) is 6.14. The van der Waals surface area contributed by atoms with Crippen molar-refractivity contribution in [1.82, 2.24) is 5.32 Å². The maximum absolute atomic E-state index is 10.5. The van der Waals surface area contributed by atoms with Crippen LogP contribution in [0.5, 0.6) is 0 Å². The molecule has 12 heavy (non-hydrogen) atoms. The number of carboxylic acids is 1. The Hall–Kier alpha value is -0.260. The van der Waals surface area contributed by atoms with Crippen molar-refractivity contribution in [3.05, 3.63) is 0 Å². The molecule has 0 saturated heterocycles. The molecule has 0 radical (unpaired) electrons. The van der Waals surface area contributed by atoms with Crippen LogP contribution in [0.2, 0.25) is 0 Å². The molecule has 0 saturated carbocycles. The zero-order valence-electron chi connectivity index (χ0n) is 7.53. The number of ether oxygens (including phenoxy) is 1. The molecule has 2 atom stereocenters. The minimum Gasteiger partial charge on any atom is -0.480 e. The number of thioether (sulfide) groups is 1. The predicted octanol–water partition coefficient (Wildman–Crippen LogP) is 0.385. The summed E-state index contributed by atoms with van der Waals surface area (Å²) in [6, 6.07) is -0.493. The van der Waals surface area contributed by atoms with Crippen molar-refractivity contribution in [3.63, 3.8) is 0 Å². The number of carboxylic acid groups (broad SMARTS) is 1. The number of carbonyl (C=O) groups is 1. The Morgan fingerprint density at radius 1 is 1.75 bits per heavy atom. The van der Waals surface area contributed by atoms with Gasteiger partial charge in [-0.05, 0) is 14.0 Å². The summed E-state index contributed by atoms with van der Waals surface area (Å²) >= 11 is 1.47. The van der Waals surface area contributed by atoms with E-state index in [0.717, 1.165) is 0 Å². The molecule has 0 heterocycles. The molecule has 5 heteroatoms. The number of aliphatic carboxylic acids is 1. The predicted molar refractivity (Wildman–Crippen MR) is 49.4 cm³/mol. The molecule has 2 N–H and O–H groups in total. The average Bonchev–Trinajstić information content (AvgIpc) is 2.04. The van der Waals surface area contributed by atoms with E-state index in [1.165, 1.54) is 11.8 Å². The third kappa shape index (κ3) is 4.58. The van der Waals surface area contributed by atoms with Crippen LogP contribution in [0.25, 0.3) is 0 Å². The van der Waals surface area contributed by atoms with Crippen LogP contribution in [0.15, 0.2) is 0 Å². The van der Waals surface area contributed by atoms with E-state index >= 15 is 0 Å². The highest BCUT2D eigenvalue weighted by Crippen LogP contribution is 2.11. The van der Waals surface area contributed by atoms with Gasteiger partial charge in [0.25, 0.3) is 0 Å². The van der Waals surface area contributed by atoms with E-state index in [4.69, 9.17) is 9.84 Å². The molecule has 0 aliphatic carbocycles. The average molecular weight is 193 g/mol. The topological polar surface area (TPSA) is 58.6 Å². The Labute approximate surface area is 76.7 Å². The van der Waals surface area contributed by atoms with Crippen LogP contribution >= 0.6 is 11.8 Å². The molecule has 72 valence electrons. The summed E-state index contributed by atoms with van der Waals surface area (Å²) in [5.41, 5.74) is 0.0419. The number of methoxy groups -OCH3 is 1. The standard InChI is InChI=1S/C7H15NO3S/c1-5(11-3)12-4-6(8-2)7(9)10/h5-6,8H,4H2,1-3H3,(H,9,10). The van der Waals surface area contributed by atoms with E-state index in [2.05, 4.69) is 5.32 Å². The van der Waals surface area contributed by atoms with Crippen LogP contribution in [-0.2, 0) is 9.53 Å². The van der Waals surface area contributed by atoms with E-state index < -0.39 is 12.0 Å². The Balaban J connectivity index is 3.65. The largest absolute Gasteiger partial charge is 0.480 e. The second kappa shape index (κ2) is 6.28. The number of hydrogen-bond acceptors (Lipinski definition) is 4. The van der Waals surface area contributed by atoms with Gasteiger partial charge in [-0.15, -0.1) is 11.8 Å². The normalized spacial score (nSPS) is 15.6. The summed E-state index contributed by atoms with van der Waals surface area (Å²) in [5.74, 6) is -0.311. The quantitative estimate of drug-likeness (QED) is 0.597. The third-order valence-corrected chi connectivity index (χ3v) is 2.66. The summed E-state index contributed by atoms with van der Waals surface area (Å²) in [7, 11) is 3.24. The molecule has 0 aromatic rings. The molecule has 4 nitrogen and oxygen atoms in total. The fourth-order valence-electron chi connectivity index (χ4n) is 0.578. The first-order valence-corrected chi connectivity index (χ1v) is 4.71. The van der Waals surface area contributed by atoms with E-state index in [1.54, 1.807) is 14.2 Å². The molecular weight excluding hydrogens is 178 g/mol. The summed E-state index contributed by atoms with van der Waals surface area (Å²) in [4.78, 5) is 10.5. The Morgan fingerprint density at radius 2 is 2.33 bits per heavy atom. The van der Waals surface area contributed by atoms with Gasteiger partial charge < -0.3 is 15.2 Å². The minimum atomic E-state index is -0.826. The fourth-order valence-corrected chi connectivity index (χ4v) is 1.49. The van der Waals surface area contributed by atoms with Crippen LogP contribution in [0.4, 0.5) is 0 Å². The van der Waals surface area contributed by atoms with E-state index in [1.807, 2.05) is 6.92 Å². The zero-order chi connectivity index (χ0) is 9.56. The van der Waals surface area contributed by atoms with Gasteiger partial charge in [-0.1, -0.05) is 0 Å². The van der Waals surface area contributed by atoms with Crippen LogP contribution in [0, 0.1) is 0 Å². The van der Waals surface area contributed by atoms with Gasteiger partial charge in [0.05, 0.1) is 5.44 Å². The van der Waals surface area contributed by atoms with Crippen molar-refractivity contribution in [2.75, 3.05) is 19.9 Å². The number of rotatable bonds is 6. The lowest BCUT2D eigenvalue weighted by molar-refractivity contribution is -0.138. The van der Waals surface area contributed by atoms with Crippen LogP contribution in [0.1, 0.15) is 6.92 Å². The van der Waals surface area contributed by atoms with Crippen molar-refractivity contribution in [2.45, 2.75) is 18.4 Å². The lowest BCUT2D eigenvalue weighted by atomic mass is 10.3. The van der Waals surface area contributed by atoms with E-state index in [9.17, 15) is 4.79 Å². The Morgan fingerprint density at radius 3 is 2.67 bits per heavy atom. The van der Waals surface area contributed by atoms with Gasteiger partial charge >= 0.3 is 5.97 Å². The lowest BCUT2D eigenvalue weighted by Crippen LogP contribution is -2.36. The number of nitrogens with one attached hydrogen (secondary N) is 1. The minimum absolute atomic E-state index is 0.0419. The van der Waals surface area contributed by atoms with E-state index in [0.29, 0.717) is 5.75 Å². The van der Waals surface area contributed by atoms with Gasteiger partial charge in [0, 0.05) is 12.9 Å². The molecule has 0 aromatic carbocycles. The second-order valence-corrected chi connectivity index (χ2v) is 3.65. The second-order valence-electron chi connectivity index (χ2n) is 2.32. The Bertz CT molecular complexity index is 143. The highest BCUT2D eigenvalue weighted by Gasteiger charge is 2.15. The molecule has 0 bridgehead atoms. The molecule has 0 aliphatic rings. The van der Waals surface area contributed by atoms with Crippen LogP contribution in [-0.4, -0.2) is 42.5 Å². The number of likely N-dealkylation sites (N-methyl/N-ethyl adjacent to an activating group) is 1. The molecule has 0 amide bonds. The van der Waals surface area contributed by atoms with Crippen molar-refractivity contribution in [1.29, 1.82) is 0 Å². The molecule has 0 fully saturated rings. The van der Waals surface area contributed by atoms with E-state index in [-0.39, 0.29) is 5.44 Å². The highest BCUT2D eigenvalue weighted by molar-refractivity contribution is 7.99. The molecule has 0 aliphatic heterocycles. The van der Waals surface area contributed by atoms with Gasteiger partial charge in [0.1, 0.15) is 6.04 Å². The van der Waals surface area contributed by atoms with Crippen molar-refractivity contribution >= 4 is 17.7 Å². The molecule has 2 unspecified atom stereocenters. The summed E-state index contributed by atoms with van der Waals surface area (Å²) < 4.78 is 4.97. The van der Waals surface area contributed by atoms with Crippen LogP contribution < -0.4 is 5.32 Å². The molecule has 0 spiro atoms. The van der Waals surface area contributed by atoms with Crippen molar-refractivity contribution in [2.24, 2.45) is 0 Å². The van der Waals surface area contributed by atoms with Gasteiger partial charge in [-0.3, -0.25) is 4.79 Å². The van der Waals surface area contributed by atoms with Crippen LogP contribution in [0.3, 0.4) is 0 Å². The SMILES string of the molecule is CNC(CSC(C)OC)C(=O)O. The smallest absolute Gasteiger partial charge is 0.321 e. The highest BCUT2D eigenvalue weighted by atomic mass is 32.2. The first kappa shape index (κ1) is 11.7. The van der Waals surface area contributed by atoms with Gasteiger partial charge in [-0.2, -0.15) is 0 Å². The van der Waals surface area contributed by atoms with Crippen molar-refractivity contribution in [3.8, 4) is 0 Å². The van der Waals surface area contributed by atoms with Crippen molar-refractivity contribution < 1.29 is 14.6 Å². The number of hydrogen-bond donors (Lipinski definition) is 2. The summed E-state index contributed by atoms with van der Waals surface area (Å²) in [6.45, 7) is 1.89. The monoisotopic (exact) mass is 193 g/mol. The zero-order valence-corrected chi connectivity index (χ0v) is 8.35. The lowest BCUT2D eigenvalue weighted by Gasteiger charge is -2.13.